The second-order valence-electron chi connectivity index (χ2n) is 5.78. The van der Waals surface area contributed by atoms with E-state index in [9.17, 15) is 13.2 Å². The minimum Gasteiger partial charge on any atom is -0.362 e. The zero-order valence-electron chi connectivity index (χ0n) is 14.8. The Balaban J connectivity index is 2.58. The minimum absolute atomic E-state index is 0.242. The molecule has 0 unspecified atom stereocenters. The van der Waals surface area contributed by atoms with Gasteiger partial charge in [-0.05, 0) is 23.8 Å². The Labute approximate surface area is 159 Å². The van der Waals surface area contributed by atoms with Gasteiger partial charge in [-0.15, -0.1) is 0 Å². The largest absolute Gasteiger partial charge is 0.417 e. The molecule has 0 aliphatic rings. The van der Waals surface area contributed by atoms with Gasteiger partial charge in [-0.1, -0.05) is 12.1 Å². The van der Waals surface area contributed by atoms with Crippen LogP contribution in [0.4, 0.5) is 24.7 Å². The fraction of sp³-hybridized carbons (Fsp3) is 0.158. The highest BCUT2D eigenvalue weighted by Gasteiger charge is 2.32. The molecule has 0 saturated heterocycles. The normalized spacial score (nSPS) is 10.2. The smallest absolute Gasteiger partial charge is 0.362 e. The van der Waals surface area contributed by atoms with E-state index in [0.717, 1.165) is 12.3 Å². The molecule has 1 aromatic carbocycles. The monoisotopic (exact) mass is 382 g/mol. The van der Waals surface area contributed by atoms with Crippen LogP contribution in [0.1, 0.15) is 5.56 Å². The number of pyridine rings is 1. The summed E-state index contributed by atoms with van der Waals surface area (Å²) in [6.45, 7) is 0. The van der Waals surface area contributed by atoms with Crippen LogP contribution in [0.5, 0.6) is 0 Å². The van der Waals surface area contributed by atoms with Gasteiger partial charge in [-0.2, -0.15) is 29.0 Å². The number of nitrogens with zero attached hydrogens (tertiary/aromatic N) is 5. The van der Waals surface area contributed by atoms with Crippen LogP contribution in [0.15, 0.2) is 47.8 Å². The fourth-order valence-corrected chi connectivity index (χ4v) is 2.37. The molecule has 1 N–H and O–H groups in total. The Hall–Kier alpha value is -4.03. The van der Waals surface area contributed by atoms with Crippen molar-refractivity contribution in [3.8, 4) is 29.3 Å². The van der Waals surface area contributed by atoms with Crippen molar-refractivity contribution in [2.75, 3.05) is 24.3 Å². The Morgan fingerprint density at radius 3 is 2.29 bits per heavy atom. The Kier molecular flexibility index (Phi) is 5.88. The molecular formula is C19H13F3N6. The highest BCUT2D eigenvalue weighted by atomic mass is 19.4. The van der Waals surface area contributed by atoms with Crippen LogP contribution < -0.4 is 10.2 Å². The number of hydrogen-bond donors (Lipinski definition) is 1. The molecule has 1 heterocycles. The lowest BCUT2D eigenvalue weighted by Crippen LogP contribution is -2.14. The molecule has 0 radical (unpaired) electrons. The van der Waals surface area contributed by atoms with Gasteiger partial charge >= 0.3 is 6.18 Å². The summed E-state index contributed by atoms with van der Waals surface area (Å²) < 4.78 is 39.3. The van der Waals surface area contributed by atoms with Gasteiger partial charge < -0.3 is 10.2 Å². The van der Waals surface area contributed by atoms with Crippen LogP contribution in [-0.2, 0) is 6.18 Å². The van der Waals surface area contributed by atoms with E-state index in [-0.39, 0.29) is 11.3 Å². The summed E-state index contributed by atoms with van der Waals surface area (Å²) in [7, 11) is 3.31. The minimum atomic E-state index is -4.55. The first-order chi connectivity index (χ1) is 13.2. The van der Waals surface area contributed by atoms with Crippen LogP contribution in [0.3, 0.4) is 0 Å². The number of hydrogen-bond acceptors (Lipinski definition) is 6. The zero-order valence-corrected chi connectivity index (χ0v) is 14.8. The van der Waals surface area contributed by atoms with Gasteiger partial charge in [0.15, 0.2) is 5.57 Å². The molecule has 0 aliphatic carbocycles. The number of alkyl halides is 3. The molecule has 28 heavy (non-hydrogen) atoms. The molecule has 0 saturated carbocycles. The first kappa shape index (κ1) is 20.3. The molecule has 9 heteroatoms. The number of nitriles is 3. The summed E-state index contributed by atoms with van der Waals surface area (Å²) >= 11 is 0. The van der Waals surface area contributed by atoms with E-state index in [4.69, 9.17) is 15.8 Å². The van der Waals surface area contributed by atoms with E-state index in [1.807, 2.05) is 0 Å². The number of benzene rings is 1. The quantitative estimate of drug-likeness (QED) is 0.800. The first-order valence-corrected chi connectivity index (χ1v) is 7.77. The summed E-state index contributed by atoms with van der Waals surface area (Å²) in [4.78, 5) is 5.50. The Morgan fingerprint density at radius 2 is 1.75 bits per heavy atom. The fourth-order valence-electron chi connectivity index (χ4n) is 2.37. The molecule has 0 spiro atoms. The Bertz CT molecular complexity index is 1030. The van der Waals surface area contributed by atoms with Gasteiger partial charge in [0.1, 0.15) is 29.7 Å². The number of aromatic nitrogens is 1. The van der Waals surface area contributed by atoms with Crippen LogP contribution in [0, 0.1) is 34.0 Å². The lowest BCUT2D eigenvalue weighted by Gasteiger charge is -2.18. The van der Waals surface area contributed by atoms with E-state index in [2.05, 4.69) is 10.3 Å². The molecule has 6 nitrogen and oxygen atoms in total. The summed E-state index contributed by atoms with van der Waals surface area (Å²) in [5, 5.41) is 29.6. The Morgan fingerprint density at radius 1 is 1.07 bits per heavy atom. The van der Waals surface area contributed by atoms with Gasteiger partial charge in [0.25, 0.3) is 0 Å². The van der Waals surface area contributed by atoms with Crippen LogP contribution in [0.25, 0.3) is 11.1 Å². The predicted molar refractivity (Wildman–Crippen MR) is 96.5 cm³/mol. The van der Waals surface area contributed by atoms with Gasteiger partial charge in [0.05, 0.1) is 5.56 Å². The van der Waals surface area contributed by atoms with Gasteiger partial charge in [-0.25, -0.2) is 4.98 Å². The number of rotatable bonds is 4. The average molecular weight is 382 g/mol. The molecule has 0 amide bonds. The third-order valence-corrected chi connectivity index (χ3v) is 3.65. The van der Waals surface area contributed by atoms with Gasteiger partial charge in [-0.3, -0.25) is 0 Å². The van der Waals surface area contributed by atoms with Crippen LogP contribution >= 0.6 is 0 Å². The maximum atomic E-state index is 13.1. The molecule has 0 aliphatic heterocycles. The standard InChI is InChI=1S/C19H13F3N6/c1-28(2)18-16(7-14(11-26-18)19(20,21)22)12-4-3-5-15(6-12)27-17(10-25)13(8-23)9-24/h3-7,11,27H,1-2H3. The predicted octanol–water partition coefficient (Wildman–Crippen LogP) is 4.07. The summed E-state index contributed by atoms with van der Waals surface area (Å²) in [5.41, 5.74) is -0.550. The van der Waals surface area contributed by atoms with Crippen molar-refractivity contribution >= 4 is 11.5 Å². The third-order valence-electron chi connectivity index (χ3n) is 3.65. The van der Waals surface area contributed by atoms with Crippen molar-refractivity contribution in [3.05, 3.63) is 53.4 Å². The lowest BCUT2D eigenvalue weighted by atomic mass is 10.0. The first-order valence-electron chi connectivity index (χ1n) is 7.77. The maximum Gasteiger partial charge on any atom is 0.417 e. The number of nitrogens with one attached hydrogen (secondary N) is 1. The van der Waals surface area contributed by atoms with E-state index in [1.54, 1.807) is 55.4 Å². The third kappa shape index (κ3) is 4.38. The second-order valence-corrected chi connectivity index (χ2v) is 5.78. The van der Waals surface area contributed by atoms with Crippen molar-refractivity contribution in [1.29, 1.82) is 15.8 Å². The number of halogens is 3. The van der Waals surface area contributed by atoms with E-state index >= 15 is 0 Å². The molecule has 0 fully saturated rings. The molecule has 1 aromatic heterocycles. The molecule has 140 valence electrons. The van der Waals surface area contributed by atoms with E-state index in [1.165, 1.54) is 6.07 Å². The number of anilines is 2. The van der Waals surface area contributed by atoms with Crippen molar-refractivity contribution in [3.63, 3.8) is 0 Å². The second kappa shape index (κ2) is 8.11. The van der Waals surface area contributed by atoms with Crippen molar-refractivity contribution < 1.29 is 13.2 Å². The van der Waals surface area contributed by atoms with Crippen molar-refractivity contribution in [2.24, 2.45) is 0 Å². The molecule has 2 aromatic rings. The maximum absolute atomic E-state index is 13.1. The van der Waals surface area contributed by atoms with Gasteiger partial charge in [0, 0.05) is 31.5 Å². The zero-order chi connectivity index (χ0) is 20.9. The molecule has 0 bridgehead atoms. The average Bonchev–Trinajstić information content (AvgIpc) is 2.67. The lowest BCUT2D eigenvalue weighted by molar-refractivity contribution is -0.137. The summed E-state index contributed by atoms with van der Waals surface area (Å²) in [6, 6.07) is 12.2. The molecule has 0 atom stereocenters. The molecule has 2 rings (SSSR count). The number of allylic oxidation sites excluding steroid dienone is 2. The highest BCUT2D eigenvalue weighted by molar-refractivity contribution is 5.79. The highest BCUT2D eigenvalue weighted by Crippen LogP contribution is 2.36. The van der Waals surface area contributed by atoms with Gasteiger partial charge in [0.2, 0.25) is 0 Å². The summed E-state index contributed by atoms with van der Waals surface area (Å²) in [5.74, 6) is 0.330. The van der Waals surface area contributed by atoms with Crippen LogP contribution in [-0.4, -0.2) is 19.1 Å². The van der Waals surface area contributed by atoms with Crippen LogP contribution in [0.2, 0.25) is 0 Å². The SMILES string of the molecule is CN(C)c1ncc(C(F)(F)F)cc1-c1cccc(NC(C#N)=C(C#N)C#N)c1. The van der Waals surface area contributed by atoms with Crippen molar-refractivity contribution in [2.45, 2.75) is 6.18 Å². The van der Waals surface area contributed by atoms with Crippen molar-refractivity contribution in [1.82, 2.24) is 4.98 Å². The van der Waals surface area contributed by atoms with E-state index < -0.39 is 17.3 Å². The molecular weight excluding hydrogens is 369 g/mol. The topological polar surface area (TPSA) is 99.5 Å². The summed E-state index contributed by atoms with van der Waals surface area (Å²) in [6.07, 6.45) is -3.78. The van der Waals surface area contributed by atoms with E-state index in [0.29, 0.717) is 17.1 Å².